The Labute approximate surface area is 117 Å². The summed E-state index contributed by atoms with van der Waals surface area (Å²) in [5.41, 5.74) is 3.01. The quantitative estimate of drug-likeness (QED) is 0.837. The van der Waals surface area contributed by atoms with E-state index < -0.39 is 0 Å². The first-order valence-electron chi connectivity index (χ1n) is 6.56. The van der Waals surface area contributed by atoms with E-state index in [1.807, 2.05) is 43.6 Å². The van der Waals surface area contributed by atoms with E-state index in [0.717, 1.165) is 23.3 Å². The van der Waals surface area contributed by atoms with Crippen LogP contribution in [-0.4, -0.2) is 26.4 Å². The van der Waals surface area contributed by atoms with Gasteiger partial charge in [-0.25, -0.2) is 5.01 Å². The Morgan fingerprint density at radius 3 is 2.65 bits per heavy atom. The second kappa shape index (κ2) is 4.92. The maximum Gasteiger partial charge on any atom is 0.240 e. The summed E-state index contributed by atoms with van der Waals surface area (Å²) in [6, 6.07) is 9.91. The Balaban J connectivity index is 1.94. The minimum absolute atomic E-state index is 0.0511. The molecule has 102 valence electrons. The number of hydrogen-bond acceptors (Lipinski definition) is 3. The summed E-state index contributed by atoms with van der Waals surface area (Å²) in [6.45, 7) is 1.54. The van der Waals surface area contributed by atoms with E-state index in [9.17, 15) is 4.79 Å². The highest BCUT2D eigenvalue weighted by molar-refractivity contribution is 6.03. The minimum Gasteiger partial charge on any atom is -0.275 e. The first-order chi connectivity index (χ1) is 9.65. The maximum atomic E-state index is 11.8. The van der Waals surface area contributed by atoms with E-state index in [2.05, 4.69) is 10.2 Å². The largest absolute Gasteiger partial charge is 0.275 e. The standard InChI is InChI=1S/C15H16N4O/c1-11(20)19-15(13-9-16-18(2)10-13)8-14(17-19)12-6-4-3-5-7-12/h3-7,9-10,15H,8H2,1-2H3. The van der Waals surface area contributed by atoms with Gasteiger partial charge in [0.2, 0.25) is 5.91 Å². The molecule has 1 aliphatic heterocycles. The SMILES string of the molecule is CC(=O)N1N=C(c2ccccc2)CC1c1cnn(C)c1. The van der Waals surface area contributed by atoms with Crippen molar-refractivity contribution in [2.24, 2.45) is 12.1 Å². The number of carbonyl (C=O) groups is 1. The number of nitrogens with zero attached hydrogens (tertiary/aromatic N) is 4. The molecule has 5 heteroatoms. The predicted octanol–water partition coefficient (Wildman–Crippen LogP) is 2.12. The van der Waals surface area contributed by atoms with Gasteiger partial charge in [0, 0.05) is 32.2 Å². The van der Waals surface area contributed by atoms with Crippen LogP contribution >= 0.6 is 0 Å². The van der Waals surface area contributed by atoms with Crippen LogP contribution in [0.4, 0.5) is 0 Å². The highest BCUT2D eigenvalue weighted by Crippen LogP contribution is 2.32. The van der Waals surface area contributed by atoms with Crippen LogP contribution in [0.5, 0.6) is 0 Å². The molecule has 1 amide bonds. The summed E-state index contributed by atoms with van der Waals surface area (Å²) < 4.78 is 1.74. The monoisotopic (exact) mass is 268 g/mol. The molecular formula is C15H16N4O. The number of benzene rings is 1. The highest BCUT2D eigenvalue weighted by atomic mass is 16.2. The lowest BCUT2D eigenvalue weighted by atomic mass is 10.0. The molecule has 0 saturated carbocycles. The van der Waals surface area contributed by atoms with E-state index >= 15 is 0 Å². The Morgan fingerprint density at radius 1 is 1.30 bits per heavy atom. The molecule has 0 fully saturated rings. The number of aryl methyl sites for hydroxylation is 1. The van der Waals surface area contributed by atoms with Gasteiger partial charge in [0.15, 0.2) is 0 Å². The fourth-order valence-corrected chi connectivity index (χ4v) is 2.48. The molecule has 0 saturated heterocycles. The summed E-state index contributed by atoms with van der Waals surface area (Å²) in [6.07, 6.45) is 4.45. The minimum atomic E-state index is -0.0589. The van der Waals surface area contributed by atoms with Crippen molar-refractivity contribution in [3.63, 3.8) is 0 Å². The van der Waals surface area contributed by atoms with Gasteiger partial charge >= 0.3 is 0 Å². The topological polar surface area (TPSA) is 50.5 Å². The van der Waals surface area contributed by atoms with Gasteiger partial charge in [0.25, 0.3) is 0 Å². The third-order valence-corrected chi connectivity index (χ3v) is 3.45. The average Bonchev–Trinajstić information content (AvgIpc) is 3.05. The number of hydrogen-bond donors (Lipinski definition) is 0. The van der Waals surface area contributed by atoms with Gasteiger partial charge in [-0.2, -0.15) is 10.2 Å². The first-order valence-corrected chi connectivity index (χ1v) is 6.56. The molecule has 0 radical (unpaired) electrons. The number of hydrazone groups is 1. The lowest BCUT2D eigenvalue weighted by Gasteiger charge is -2.18. The molecule has 3 rings (SSSR count). The Morgan fingerprint density at radius 2 is 2.05 bits per heavy atom. The molecule has 2 aromatic rings. The normalized spacial score (nSPS) is 18.2. The molecule has 1 unspecified atom stereocenters. The zero-order valence-electron chi connectivity index (χ0n) is 11.5. The second-order valence-electron chi connectivity index (χ2n) is 4.94. The molecule has 0 spiro atoms. The first kappa shape index (κ1) is 12.6. The summed E-state index contributed by atoms with van der Waals surface area (Å²) in [7, 11) is 1.87. The Kier molecular flexibility index (Phi) is 3.10. The number of rotatable bonds is 2. The van der Waals surface area contributed by atoms with Crippen LogP contribution in [0.1, 0.15) is 30.5 Å². The highest BCUT2D eigenvalue weighted by Gasteiger charge is 2.31. The van der Waals surface area contributed by atoms with Crippen molar-refractivity contribution in [1.29, 1.82) is 0 Å². The molecule has 0 N–H and O–H groups in total. The third kappa shape index (κ3) is 2.22. The van der Waals surface area contributed by atoms with Gasteiger partial charge < -0.3 is 0 Å². The molecule has 1 aromatic heterocycles. The van der Waals surface area contributed by atoms with E-state index in [4.69, 9.17) is 0 Å². The third-order valence-electron chi connectivity index (χ3n) is 3.45. The van der Waals surface area contributed by atoms with Crippen molar-refractivity contribution in [2.45, 2.75) is 19.4 Å². The van der Waals surface area contributed by atoms with E-state index in [-0.39, 0.29) is 11.9 Å². The second-order valence-corrected chi connectivity index (χ2v) is 4.94. The number of aromatic nitrogens is 2. The van der Waals surface area contributed by atoms with Gasteiger partial charge in [-0.05, 0) is 5.56 Å². The molecule has 2 heterocycles. The summed E-state index contributed by atoms with van der Waals surface area (Å²) >= 11 is 0. The summed E-state index contributed by atoms with van der Waals surface area (Å²) in [5.74, 6) is -0.0511. The summed E-state index contributed by atoms with van der Waals surface area (Å²) in [5, 5.41) is 10.2. The Hall–Kier alpha value is -2.43. The molecule has 1 aromatic carbocycles. The fourth-order valence-electron chi connectivity index (χ4n) is 2.48. The van der Waals surface area contributed by atoms with Crippen LogP contribution in [0.25, 0.3) is 0 Å². The molecular weight excluding hydrogens is 252 g/mol. The lowest BCUT2D eigenvalue weighted by Crippen LogP contribution is -2.24. The number of carbonyl (C=O) groups excluding carboxylic acids is 1. The van der Waals surface area contributed by atoms with Crippen LogP contribution in [0.15, 0.2) is 47.8 Å². The van der Waals surface area contributed by atoms with Crippen molar-refractivity contribution >= 4 is 11.6 Å². The van der Waals surface area contributed by atoms with Crippen molar-refractivity contribution in [3.8, 4) is 0 Å². The molecule has 1 aliphatic rings. The van der Waals surface area contributed by atoms with Crippen LogP contribution in [-0.2, 0) is 11.8 Å². The fraction of sp³-hybridized carbons (Fsp3) is 0.267. The Bertz CT molecular complexity index is 660. The maximum absolute atomic E-state index is 11.8. The van der Waals surface area contributed by atoms with Crippen molar-refractivity contribution < 1.29 is 4.79 Å². The van der Waals surface area contributed by atoms with Gasteiger partial charge in [0.1, 0.15) is 0 Å². The van der Waals surface area contributed by atoms with E-state index in [0.29, 0.717) is 0 Å². The predicted molar refractivity (Wildman–Crippen MR) is 76.1 cm³/mol. The van der Waals surface area contributed by atoms with E-state index in [1.54, 1.807) is 22.8 Å². The van der Waals surface area contributed by atoms with Crippen LogP contribution in [0, 0.1) is 0 Å². The molecule has 1 atom stereocenters. The zero-order valence-corrected chi connectivity index (χ0v) is 11.5. The molecule has 20 heavy (non-hydrogen) atoms. The number of amides is 1. The lowest BCUT2D eigenvalue weighted by molar-refractivity contribution is -0.130. The van der Waals surface area contributed by atoms with Crippen molar-refractivity contribution in [2.75, 3.05) is 0 Å². The smallest absolute Gasteiger partial charge is 0.240 e. The zero-order chi connectivity index (χ0) is 14.1. The van der Waals surface area contributed by atoms with Gasteiger partial charge in [-0.3, -0.25) is 9.48 Å². The van der Waals surface area contributed by atoms with Crippen LogP contribution in [0.3, 0.4) is 0 Å². The van der Waals surface area contributed by atoms with Gasteiger partial charge in [-0.1, -0.05) is 30.3 Å². The molecule has 0 bridgehead atoms. The van der Waals surface area contributed by atoms with Gasteiger partial charge in [-0.15, -0.1) is 0 Å². The van der Waals surface area contributed by atoms with Crippen LogP contribution < -0.4 is 0 Å². The van der Waals surface area contributed by atoms with Crippen molar-refractivity contribution in [1.82, 2.24) is 14.8 Å². The van der Waals surface area contributed by atoms with Crippen molar-refractivity contribution in [3.05, 3.63) is 53.9 Å². The van der Waals surface area contributed by atoms with Crippen LogP contribution in [0.2, 0.25) is 0 Å². The summed E-state index contributed by atoms with van der Waals surface area (Å²) in [4.78, 5) is 11.8. The van der Waals surface area contributed by atoms with E-state index in [1.165, 1.54) is 0 Å². The molecule has 5 nitrogen and oxygen atoms in total. The molecule has 0 aliphatic carbocycles. The average molecular weight is 268 g/mol. The van der Waals surface area contributed by atoms with Gasteiger partial charge in [0.05, 0.1) is 18.0 Å².